The van der Waals surface area contributed by atoms with Crippen LogP contribution >= 0.6 is 0 Å². The number of nitrogens with one attached hydrogen (secondary N) is 2. The maximum atomic E-state index is 12.0. The Morgan fingerprint density at radius 3 is 2.30 bits per heavy atom. The number of carbonyl (C=O) groups is 3. The monoisotopic (exact) mass is 370 g/mol. The summed E-state index contributed by atoms with van der Waals surface area (Å²) >= 11 is 0. The number of esters is 1. The van der Waals surface area contributed by atoms with Crippen molar-refractivity contribution in [3.05, 3.63) is 59.2 Å². The van der Waals surface area contributed by atoms with E-state index in [-0.39, 0.29) is 12.2 Å². The molecule has 2 amide bonds. The van der Waals surface area contributed by atoms with E-state index in [0.29, 0.717) is 11.4 Å². The van der Waals surface area contributed by atoms with Gasteiger partial charge in [0, 0.05) is 11.4 Å². The highest BCUT2D eigenvalue weighted by atomic mass is 16.5. The number of ether oxygens (including phenoxy) is 2. The van der Waals surface area contributed by atoms with Crippen LogP contribution in [0.5, 0.6) is 0 Å². The van der Waals surface area contributed by atoms with Gasteiger partial charge >= 0.3 is 12.1 Å². The normalized spacial score (nSPS) is 10.0. The molecule has 2 aromatic rings. The van der Waals surface area contributed by atoms with Crippen molar-refractivity contribution in [1.29, 1.82) is 0 Å². The molecular weight excluding hydrogens is 348 g/mol. The summed E-state index contributed by atoms with van der Waals surface area (Å²) in [4.78, 5) is 35.4. The molecule has 2 rings (SSSR count). The topological polar surface area (TPSA) is 93.7 Å². The first kappa shape index (κ1) is 20.0. The first-order valence-electron chi connectivity index (χ1n) is 8.47. The third-order valence-corrected chi connectivity index (χ3v) is 3.64. The van der Waals surface area contributed by atoms with Gasteiger partial charge in [-0.1, -0.05) is 12.1 Å². The minimum absolute atomic E-state index is 0.264. The molecule has 0 bridgehead atoms. The lowest BCUT2D eigenvalue weighted by atomic mass is 10.1. The molecular formula is C20H22N2O5. The standard InChI is InChI=1S/C20H22N2O5/c1-4-26-20(25)21-16-9-7-15(8-10-16)19(24)27-12-18(23)22-17-11-13(2)5-6-14(17)3/h5-11H,4,12H2,1-3H3,(H,21,25)(H,22,23). The van der Waals surface area contributed by atoms with E-state index in [1.165, 1.54) is 12.1 Å². The maximum absolute atomic E-state index is 12.0. The molecule has 27 heavy (non-hydrogen) atoms. The van der Waals surface area contributed by atoms with Gasteiger partial charge in [-0.2, -0.15) is 0 Å². The molecule has 0 radical (unpaired) electrons. The second kappa shape index (κ2) is 9.38. The molecule has 0 atom stereocenters. The summed E-state index contributed by atoms with van der Waals surface area (Å²) in [5, 5.41) is 5.24. The van der Waals surface area contributed by atoms with E-state index in [2.05, 4.69) is 10.6 Å². The Balaban J connectivity index is 1.86. The predicted octanol–water partition coefficient (Wildman–Crippen LogP) is 3.67. The van der Waals surface area contributed by atoms with E-state index in [1.807, 2.05) is 32.0 Å². The summed E-state index contributed by atoms with van der Waals surface area (Å²) in [6, 6.07) is 11.8. The van der Waals surface area contributed by atoms with Crippen molar-refractivity contribution in [3.63, 3.8) is 0 Å². The van der Waals surface area contributed by atoms with Gasteiger partial charge in [-0.05, 0) is 62.2 Å². The van der Waals surface area contributed by atoms with E-state index in [4.69, 9.17) is 9.47 Å². The molecule has 2 aromatic carbocycles. The number of anilines is 2. The summed E-state index contributed by atoms with van der Waals surface area (Å²) in [6.07, 6.45) is -0.573. The molecule has 0 saturated heterocycles. The molecule has 0 heterocycles. The molecule has 2 N–H and O–H groups in total. The van der Waals surface area contributed by atoms with Gasteiger partial charge in [0.05, 0.1) is 12.2 Å². The number of rotatable bonds is 6. The first-order valence-corrected chi connectivity index (χ1v) is 8.47. The average Bonchev–Trinajstić information content (AvgIpc) is 2.63. The molecule has 0 aliphatic rings. The maximum Gasteiger partial charge on any atom is 0.411 e. The van der Waals surface area contributed by atoms with Crippen LogP contribution in [0.3, 0.4) is 0 Å². The van der Waals surface area contributed by atoms with Crippen molar-refractivity contribution in [2.24, 2.45) is 0 Å². The molecule has 142 valence electrons. The van der Waals surface area contributed by atoms with Gasteiger partial charge in [0.25, 0.3) is 5.91 Å². The van der Waals surface area contributed by atoms with Gasteiger partial charge in [0.2, 0.25) is 0 Å². The minimum Gasteiger partial charge on any atom is -0.452 e. The average molecular weight is 370 g/mol. The van der Waals surface area contributed by atoms with Crippen LogP contribution < -0.4 is 10.6 Å². The molecule has 0 aliphatic heterocycles. The summed E-state index contributed by atoms with van der Waals surface area (Å²) in [5.74, 6) is -1.05. The molecule has 7 nitrogen and oxygen atoms in total. The number of aryl methyl sites for hydroxylation is 2. The van der Waals surface area contributed by atoms with Crippen LogP contribution in [-0.4, -0.2) is 31.2 Å². The number of carbonyl (C=O) groups excluding carboxylic acids is 3. The van der Waals surface area contributed by atoms with E-state index < -0.39 is 24.6 Å². The van der Waals surface area contributed by atoms with Crippen molar-refractivity contribution in [1.82, 2.24) is 0 Å². The molecule has 0 aromatic heterocycles. The lowest BCUT2D eigenvalue weighted by Gasteiger charge is -2.10. The Labute approximate surface area is 157 Å². The molecule has 0 aliphatic carbocycles. The highest BCUT2D eigenvalue weighted by molar-refractivity contribution is 5.96. The van der Waals surface area contributed by atoms with E-state index >= 15 is 0 Å². The van der Waals surface area contributed by atoms with Gasteiger partial charge in [0.15, 0.2) is 6.61 Å². The van der Waals surface area contributed by atoms with E-state index in [1.54, 1.807) is 19.1 Å². The Kier molecular flexibility index (Phi) is 6.93. The third kappa shape index (κ3) is 6.14. The van der Waals surface area contributed by atoms with Crippen LogP contribution in [-0.2, 0) is 14.3 Å². The zero-order valence-corrected chi connectivity index (χ0v) is 15.5. The van der Waals surface area contributed by atoms with E-state index in [0.717, 1.165) is 11.1 Å². The number of hydrogen-bond donors (Lipinski definition) is 2. The van der Waals surface area contributed by atoms with Crippen LogP contribution in [0.4, 0.5) is 16.2 Å². The SMILES string of the molecule is CCOC(=O)Nc1ccc(C(=O)OCC(=O)Nc2cc(C)ccc2C)cc1. The second-order valence-electron chi connectivity index (χ2n) is 5.87. The fraction of sp³-hybridized carbons (Fsp3) is 0.250. The van der Waals surface area contributed by atoms with Crippen LogP contribution in [0, 0.1) is 13.8 Å². The highest BCUT2D eigenvalue weighted by Crippen LogP contribution is 2.16. The third-order valence-electron chi connectivity index (χ3n) is 3.64. The Bertz CT molecular complexity index is 831. The van der Waals surface area contributed by atoms with Crippen molar-refractivity contribution in [2.45, 2.75) is 20.8 Å². The molecule has 0 fully saturated rings. The fourth-order valence-corrected chi connectivity index (χ4v) is 2.25. The van der Waals surface area contributed by atoms with Crippen LogP contribution in [0.1, 0.15) is 28.4 Å². The van der Waals surface area contributed by atoms with Crippen LogP contribution in [0.2, 0.25) is 0 Å². The first-order chi connectivity index (χ1) is 12.9. The predicted molar refractivity (Wildman–Crippen MR) is 102 cm³/mol. The molecule has 7 heteroatoms. The van der Waals surface area contributed by atoms with Gasteiger partial charge in [0.1, 0.15) is 0 Å². The molecule has 0 saturated carbocycles. The van der Waals surface area contributed by atoms with Gasteiger partial charge in [-0.15, -0.1) is 0 Å². The fourth-order valence-electron chi connectivity index (χ4n) is 2.25. The minimum atomic E-state index is -0.631. The van der Waals surface area contributed by atoms with Crippen LogP contribution in [0.25, 0.3) is 0 Å². The summed E-state index contributed by atoms with van der Waals surface area (Å²) in [7, 11) is 0. The number of benzene rings is 2. The zero-order valence-electron chi connectivity index (χ0n) is 15.5. The largest absolute Gasteiger partial charge is 0.452 e. The smallest absolute Gasteiger partial charge is 0.411 e. The van der Waals surface area contributed by atoms with Crippen molar-refractivity contribution in [2.75, 3.05) is 23.8 Å². The number of amides is 2. The van der Waals surface area contributed by atoms with Gasteiger partial charge < -0.3 is 14.8 Å². The lowest BCUT2D eigenvalue weighted by Crippen LogP contribution is -2.21. The lowest BCUT2D eigenvalue weighted by molar-refractivity contribution is -0.119. The van der Waals surface area contributed by atoms with Crippen LogP contribution in [0.15, 0.2) is 42.5 Å². The summed E-state index contributed by atoms with van der Waals surface area (Å²) < 4.78 is 9.80. The van der Waals surface area contributed by atoms with Crippen molar-refractivity contribution in [3.8, 4) is 0 Å². The summed E-state index contributed by atoms with van der Waals surface area (Å²) in [6.45, 7) is 5.38. The number of hydrogen-bond acceptors (Lipinski definition) is 5. The Morgan fingerprint density at radius 2 is 1.63 bits per heavy atom. The molecule has 0 unspecified atom stereocenters. The quantitative estimate of drug-likeness (QED) is 0.757. The van der Waals surface area contributed by atoms with Crippen molar-refractivity contribution < 1.29 is 23.9 Å². The van der Waals surface area contributed by atoms with Gasteiger partial charge in [-0.3, -0.25) is 10.1 Å². The zero-order chi connectivity index (χ0) is 19.8. The van der Waals surface area contributed by atoms with Gasteiger partial charge in [-0.25, -0.2) is 9.59 Å². The van der Waals surface area contributed by atoms with E-state index in [9.17, 15) is 14.4 Å². The summed E-state index contributed by atoms with van der Waals surface area (Å²) in [5.41, 5.74) is 3.38. The highest BCUT2D eigenvalue weighted by Gasteiger charge is 2.12. The Hall–Kier alpha value is -3.35. The second-order valence-corrected chi connectivity index (χ2v) is 5.87. The molecule has 0 spiro atoms. The van der Waals surface area contributed by atoms with Crippen molar-refractivity contribution >= 4 is 29.3 Å². The Morgan fingerprint density at radius 1 is 0.926 bits per heavy atom.